The van der Waals surface area contributed by atoms with Crippen molar-refractivity contribution in [2.45, 2.75) is 26.2 Å². The summed E-state index contributed by atoms with van der Waals surface area (Å²) in [6.07, 6.45) is 3.23. The van der Waals surface area contributed by atoms with Gasteiger partial charge in [-0.1, -0.05) is 11.6 Å². The summed E-state index contributed by atoms with van der Waals surface area (Å²) in [5, 5.41) is 6.87. The molecule has 1 saturated heterocycles. The summed E-state index contributed by atoms with van der Waals surface area (Å²) >= 11 is 6.14. The molecule has 0 aromatic heterocycles. The molecule has 1 aliphatic carbocycles. The van der Waals surface area contributed by atoms with Gasteiger partial charge < -0.3 is 15.4 Å². The average Bonchev–Trinajstić information content (AvgIpc) is 3.16. The molecular formula is C16H21ClN2O2. The molecule has 0 radical (unpaired) electrons. The fourth-order valence-corrected chi connectivity index (χ4v) is 3.51. The molecule has 2 N–H and O–H groups in total. The van der Waals surface area contributed by atoms with Crippen molar-refractivity contribution in [1.82, 2.24) is 5.32 Å². The summed E-state index contributed by atoms with van der Waals surface area (Å²) in [7, 11) is 0. The fraction of sp³-hybridized carbons (Fsp3) is 0.562. The van der Waals surface area contributed by atoms with Crippen LogP contribution < -0.4 is 15.4 Å². The SMILES string of the molecule is CCOc1ccc(NC(=O)C2CC23CCNCC3)cc1Cl. The summed E-state index contributed by atoms with van der Waals surface area (Å²) < 4.78 is 5.39. The molecule has 4 nitrogen and oxygen atoms in total. The number of hydrogen-bond donors (Lipinski definition) is 2. The Morgan fingerprint density at radius 1 is 1.48 bits per heavy atom. The first-order valence-corrected chi connectivity index (χ1v) is 7.96. The largest absolute Gasteiger partial charge is 0.492 e. The van der Waals surface area contributed by atoms with Crippen LogP contribution >= 0.6 is 11.6 Å². The molecule has 1 spiro atoms. The predicted octanol–water partition coefficient (Wildman–Crippen LogP) is 3.07. The van der Waals surface area contributed by atoms with E-state index in [1.807, 2.05) is 13.0 Å². The number of halogens is 1. The standard InChI is InChI=1S/C16H21ClN2O2/c1-2-21-14-4-3-11(9-13(14)17)19-15(20)12-10-16(12)5-7-18-8-6-16/h3-4,9,12,18H,2,5-8,10H2,1H3,(H,19,20). The van der Waals surface area contributed by atoms with E-state index in [2.05, 4.69) is 10.6 Å². The van der Waals surface area contributed by atoms with Gasteiger partial charge in [0.2, 0.25) is 5.91 Å². The second kappa shape index (κ2) is 5.85. The lowest BCUT2D eigenvalue weighted by Gasteiger charge is -2.23. The van der Waals surface area contributed by atoms with E-state index < -0.39 is 0 Å². The van der Waals surface area contributed by atoms with Gasteiger partial charge in [0.25, 0.3) is 0 Å². The van der Waals surface area contributed by atoms with Crippen molar-refractivity contribution < 1.29 is 9.53 Å². The van der Waals surface area contributed by atoms with Crippen LogP contribution in [0.25, 0.3) is 0 Å². The Morgan fingerprint density at radius 2 is 2.24 bits per heavy atom. The zero-order valence-corrected chi connectivity index (χ0v) is 13.0. The van der Waals surface area contributed by atoms with Gasteiger partial charge >= 0.3 is 0 Å². The lowest BCUT2D eigenvalue weighted by atomic mass is 9.92. The maximum Gasteiger partial charge on any atom is 0.228 e. The van der Waals surface area contributed by atoms with Crippen LogP contribution in [0.15, 0.2) is 18.2 Å². The molecule has 1 aromatic carbocycles. The molecule has 5 heteroatoms. The lowest BCUT2D eigenvalue weighted by molar-refractivity contribution is -0.118. The van der Waals surface area contributed by atoms with Crippen LogP contribution in [0.3, 0.4) is 0 Å². The van der Waals surface area contributed by atoms with E-state index in [0.717, 1.165) is 38.0 Å². The van der Waals surface area contributed by atoms with E-state index in [1.54, 1.807) is 12.1 Å². The van der Waals surface area contributed by atoms with Crippen molar-refractivity contribution >= 4 is 23.2 Å². The Morgan fingerprint density at radius 3 is 2.90 bits per heavy atom. The maximum atomic E-state index is 12.4. The third kappa shape index (κ3) is 3.01. The molecule has 0 bridgehead atoms. The Kier molecular flexibility index (Phi) is 4.09. The topological polar surface area (TPSA) is 50.4 Å². The highest BCUT2D eigenvalue weighted by Gasteiger charge is 2.57. The van der Waals surface area contributed by atoms with Crippen molar-refractivity contribution in [2.75, 3.05) is 25.0 Å². The number of rotatable bonds is 4. The van der Waals surface area contributed by atoms with Crippen LogP contribution in [0.5, 0.6) is 5.75 Å². The van der Waals surface area contributed by atoms with E-state index in [0.29, 0.717) is 17.4 Å². The monoisotopic (exact) mass is 308 g/mol. The number of piperidine rings is 1. The number of nitrogens with one attached hydrogen (secondary N) is 2. The Bertz CT molecular complexity index is 541. The lowest BCUT2D eigenvalue weighted by Crippen LogP contribution is -2.31. The van der Waals surface area contributed by atoms with Crippen molar-refractivity contribution in [1.29, 1.82) is 0 Å². The van der Waals surface area contributed by atoms with Crippen molar-refractivity contribution in [2.24, 2.45) is 11.3 Å². The number of amides is 1. The zero-order valence-electron chi connectivity index (χ0n) is 12.2. The van der Waals surface area contributed by atoms with Gasteiger partial charge in [0.15, 0.2) is 0 Å². The maximum absolute atomic E-state index is 12.4. The van der Waals surface area contributed by atoms with E-state index in [-0.39, 0.29) is 17.2 Å². The van der Waals surface area contributed by atoms with Crippen LogP contribution in [-0.4, -0.2) is 25.6 Å². The molecule has 2 fully saturated rings. The number of anilines is 1. The highest BCUT2D eigenvalue weighted by Crippen LogP contribution is 2.58. The Balaban J connectivity index is 1.62. The average molecular weight is 309 g/mol. The van der Waals surface area contributed by atoms with Crippen molar-refractivity contribution in [3.8, 4) is 5.75 Å². The fourth-order valence-electron chi connectivity index (χ4n) is 3.28. The van der Waals surface area contributed by atoms with Crippen molar-refractivity contribution in [3.63, 3.8) is 0 Å². The summed E-state index contributed by atoms with van der Waals surface area (Å²) in [6, 6.07) is 5.39. The molecule has 1 saturated carbocycles. The minimum absolute atomic E-state index is 0.122. The minimum Gasteiger partial charge on any atom is -0.492 e. The molecular weight excluding hydrogens is 288 g/mol. The quantitative estimate of drug-likeness (QED) is 0.899. The second-order valence-corrected chi connectivity index (χ2v) is 6.34. The van der Waals surface area contributed by atoms with Crippen LogP contribution in [0.4, 0.5) is 5.69 Å². The second-order valence-electron chi connectivity index (χ2n) is 5.94. The molecule has 1 aliphatic heterocycles. The summed E-state index contributed by atoms with van der Waals surface area (Å²) in [6.45, 7) is 4.54. The van der Waals surface area contributed by atoms with Crippen LogP contribution in [0.2, 0.25) is 5.02 Å². The number of benzene rings is 1. The minimum atomic E-state index is 0.122. The van der Waals surface area contributed by atoms with E-state index >= 15 is 0 Å². The molecule has 3 rings (SSSR count). The summed E-state index contributed by atoms with van der Waals surface area (Å²) in [5.41, 5.74) is 0.995. The number of carbonyl (C=O) groups excluding carboxylic acids is 1. The first-order valence-electron chi connectivity index (χ1n) is 7.58. The van der Waals surface area contributed by atoms with Gasteiger partial charge in [-0.2, -0.15) is 0 Å². The van der Waals surface area contributed by atoms with E-state index in [4.69, 9.17) is 16.3 Å². The number of hydrogen-bond acceptors (Lipinski definition) is 3. The zero-order chi connectivity index (χ0) is 14.9. The molecule has 21 heavy (non-hydrogen) atoms. The molecule has 2 aliphatic rings. The highest BCUT2D eigenvalue weighted by molar-refractivity contribution is 6.32. The smallest absolute Gasteiger partial charge is 0.228 e. The normalized spacial score (nSPS) is 22.9. The van der Waals surface area contributed by atoms with Gasteiger partial charge in [-0.05, 0) is 62.9 Å². The third-order valence-electron chi connectivity index (χ3n) is 4.60. The molecule has 114 valence electrons. The first-order chi connectivity index (χ1) is 10.1. The van der Waals surface area contributed by atoms with Crippen LogP contribution in [-0.2, 0) is 4.79 Å². The first kappa shape index (κ1) is 14.7. The summed E-state index contributed by atoms with van der Waals surface area (Å²) in [5.74, 6) is 0.931. The van der Waals surface area contributed by atoms with Gasteiger partial charge in [-0.3, -0.25) is 4.79 Å². The summed E-state index contributed by atoms with van der Waals surface area (Å²) in [4.78, 5) is 12.4. The van der Waals surface area contributed by atoms with Gasteiger partial charge in [-0.25, -0.2) is 0 Å². The van der Waals surface area contributed by atoms with Gasteiger partial charge in [-0.15, -0.1) is 0 Å². The van der Waals surface area contributed by atoms with Gasteiger partial charge in [0.05, 0.1) is 11.6 Å². The molecule has 1 amide bonds. The molecule has 1 heterocycles. The van der Waals surface area contributed by atoms with Gasteiger partial charge in [0.1, 0.15) is 5.75 Å². The van der Waals surface area contributed by atoms with Crippen molar-refractivity contribution in [3.05, 3.63) is 23.2 Å². The van der Waals surface area contributed by atoms with Crippen LogP contribution in [0, 0.1) is 11.3 Å². The highest BCUT2D eigenvalue weighted by atomic mass is 35.5. The number of ether oxygens (including phenoxy) is 1. The number of carbonyl (C=O) groups is 1. The Labute approximate surface area is 130 Å². The van der Waals surface area contributed by atoms with Gasteiger partial charge in [0, 0.05) is 11.6 Å². The van der Waals surface area contributed by atoms with E-state index in [1.165, 1.54) is 0 Å². The Hall–Kier alpha value is -1.26. The van der Waals surface area contributed by atoms with Crippen LogP contribution in [0.1, 0.15) is 26.2 Å². The molecule has 1 aromatic rings. The van der Waals surface area contributed by atoms with E-state index in [9.17, 15) is 4.79 Å². The molecule has 1 unspecified atom stereocenters. The molecule has 1 atom stereocenters. The predicted molar refractivity (Wildman–Crippen MR) is 83.9 cm³/mol. The third-order valence-corrected chi connectivity index (χ3v) is 4.90.